The van der Waals surface area contributed by atoms with Crippen LogP contribution in [0, 0.1) is 18.2 Å². The molecule has 5 nitrogen and oxygen atoms in total. The van der Waals surface area contributed by atoms with Gasteiger partial charge in [-0.05, 0) is 61.9 Å². The van der Waals surface area contributed by atoms with E-state index in [1.807, 2.05) is 19.1 Å². The van der Waals surface area contributed by atoms with Crippen molar-refractivity contribution >= 4 is 44.8 Å². The smallest absolute Gasteiger partial charge is 0.251 e. The second-order valence-corrected chi connectivity index (χ2v) is 10.4. The lowest BCUT2D eigenvalue weighted by Gasteiger charge is -2.70. The van der Waals surface area contributed by atoms with Gasteiger partial charge in [-0.3, -0.25) is 9.59 Å². The molecule has 3 fully saturated rings. The molecule has 3 aliphatic rings. The molecule has 1 amide bonds. The summed E-state index contributed by atoms with van der Waals surface area (Å²) in [7, 11) is 0. The SMILES string of the molecule is Cc1nc2ccc(C(=O)NC34CC(CC(=O)COc5ccc(Cl)c(F)c5)(C3)C4)cc2s1. The number of hydrogen-bond acceptors (Lipinski definition) is 5. The summed E-state index contributed by atoms with van der Waals surface area (Å²) in [6.45, 7) is 1.85. The summed E-state index contributed by atoms with van der Waals surface area (Å²) in [4.78, 5) is 29.5. The van der Waals surface area contributed by atoms with Gasteiger partial charge in [0.05, 0.1) is 20.2 Å². The Balaban J connectivity index is 1.12. The average Bonchev–Trinajstić information content (AvgIpc) is 3.05. The molecule has 2 bridgehead atoms. The first kappa shape index (κ1) is 20.4. The second kappa shape index (κ2) is 7.28. The fraction of sp³-hybridized carbons (Fsp3) is 0.348. The molecule has 160 valence electrons. The van der Waals surface area contributed by atoms with Crippen LogP contribution in [0.2, 0.25) is 5.02 Å². The molecule has 6 rings (SSSR count). The van der Waals surface area contributed by atoms with Gasteiger partial charge in [-0.1, -0.05) is 11.6 Å². The van der Waals surface area contributed by atoms with Gasteiger partial charge in [0.2, 0.25) is 0 Å². The van der Waals surface area contributed by atoms with Gasteiger partial charge in [-0.2, -0.15) is 0 Å². The highest BCUT2D eigenvalue weighted by atomic mass is 35.5. The lowest BCUT2D eigenvalue weighted by atomic mass is 9.38. The Labute approximate surface area is 187 Å². The van der Waals surface area contributed by atoms with Crippen molar-refractivity contribution in [1.82, 2.24) is 10.3 Å². The Kier molecular flexibility index (Phi) is 4.79. The van der Waals surface area contributed by atoms with Crippen LogP contribution in [0.25, 0.3) is 10.2 Å². The van der Waals surface area contributed by atoms with Crippen LogP contribution in [0.1, 0.15) is 41.0 Å². The Morgan fingerprint density at radius 1 is 1.23 bits per heavy atom. The molecule has 0 radical (unpaired) electrons. The lowest BCUT2D eigenvalue weighted by Crippen LogP contribution is -2.75. The zero-order valence-electron chi connectivity index (χ0n) is 16.8. The predicted molar refractivity (Wildman–Crippen MR) is 117 cm³/mol. The van der Waals surface area contributed by atoms with E-state index in [9.17, 15) is 14.0 Å². The Morgan fingerprint density at radius 2 is 2.00 bits per heavy atom. The van der Waals surface area contributed by atoms with Crippen molar-refractivity contribution in [1.29, 1.82) is 0 Å². The number of rotatable bonds is 7. The fourth-order valence-corrected chi connectivity index (χ4v) is 6.00. The minimum Gasteiger partial charge on any atom is -0.486 e. The molecule has 0 saturated heterocycles. The summed E-state index contributed by atoms with van der Waals surface area (Å²) >= 11 is 7.22. The molecule has 1 heterocycles. The van der Waals surface area contributed by atoms with E-state index in [1.165, 1.54) is 18.2 Å². The van der Waals surface area contributed by atoms with Crippen molar-refractivity contribution < 1.29 is 18.7 Å². The summed E-state index contributed by atoms with van der Waals surface area (Å²) in [5.74, 6) is -0.403. The second-order valence-electron chi connectivity index (χ2n) is 8.76. The van der Waals surface area contributed by atoms with Crippen LogP contribution in [-0.2, 0) is 4.79 Å². The van der Waals surface area contributed by atoms with Crippen LogP contribution < -0.4 is 10.1 Å². The number of halogens is 2. The number of Topliss-reactive ketones (excluding diaryl/α,β-unsaturated/α-hetero) is 1. The van der Waals surface area contributed by atoms with Crippen molar-refractivity contribution in [2.24, 2.45) is 5.41 Å². The molecule has 8 heteroatoms. The van der Waals surface area contributed by atoms with Gasteiger partial charge in [0.25, 0.3) is 5.91 Å². The quantitative estimate of drug-likeness (QED) is 0.535. The molecule has 0 aliphatic heterocycles. The molecule has 0 unspecified atom stereocenters. The maximum Gasteiger partial charge on any atom is 0.251 e. The summed E-state index contributed by atoms with van der Waals surface area (Å²) in [5, 5.41) is 4.15. The van der Waals surface area contributed by atoms with E-state index < -0.39 is 5.82 Å². The van der Waals surface area contributed by atoms with E-state index in [2.05, 4.69) is 10.3 Å². The van der Waals surface area contributed by atoms with E-state index in [-0.39, 0.29) is 40.0 Å². The highest BCUT2D eigenvalue weighted by molar-refractivity contribution is 7.18. The summed E-state index contributed by atoms with van der Waals surface area (Å²) < 4.78 is 19.9. The van der Waals surface area contributed by atoms with Crippen LogP contribution in [0.3, 0.4) is 0 Å². The number of fused-ring (bicyclic) bond motifs is 1. The Hall–Kier alpha value is -2.51. The molecule has 31 heavy (non-hydrogen) atoms. The van der Waals surface area contributed by atoms with Gasteiger partial charge in [0.1, 0.15) is 18.2 Å². The highest BCUT2D eigenvalue weighted by Crippen LogP contribution is 2.69. The third-order valence-electron chi connectivity index (χ3n) is 6.14. The van der Waals surface area contributed by atoms with Gasteiger partial charge < -0.3 is 10.1 Å². The molecule has 0 spiro atoms. The zero-order chi connectivity index (χ0) is 21.8. The molecule has 3 saturated carbocycles. The van der Waals surface area contributed by atoms with Crippen LogP contribution in [-0.4, -0.2) is 28.8 Å². The average molecular weight is 459 g/mol. The first-order valence-electron chi connectivity index (χ1n) is 10.0. The van der Waals surface area contributed by atoms with Crippen molar-refractivity contribution in [2.45, 2.75) is 38.1 Å². The van der Waals surface area contributed by atoms with Crippen molar-refractivity contribution in [2.75, 3.05) is 6.61 Å². The van der Waals surface area contributed by atoms with Crippen molar-refractivity contribution in [3.05, 3.63) is 57.8 Å². The molecular weight excluding hydrogens is 439 g/mol. The molecule has 3 aromatic rings. The molecule has 1 N–H and O–H groups in total. The largest absolute Gasteiger partial charge is 0.486 e. The zero-order valence-corrected chi connectivity index (χ0v) is 18.4. The van der Waals surface area contributed by atoms with Gasteiger partial charge in [-0.25, -0.2) is 9.37 Å². The number of nitrogens with zero attached hydrogens (tertiary/aromatic N) is 1. The Bertz CT molecular complexity index is 1200. The summed E-state index contributed by atoms with van der Waals surface area (Å²) in [6, 6.07) is 9.68. The van der Waals surface area contributed by atoms with E-state index >= 15 is 0 Å². The standard InChI is InChI=1S/C23H20ClFN2O3S/c1-13-26-19-5-2-14(6-20(19)31-13)21(29)27-23-10-22(11-23,12-23)8-15(28)9-30-16-3-4-17(24)18(25)7-16/h2-7H,8-12H2,1H3,(H,27,29). The number of aromatic nitrogens is 1. The molecule has 3 aliphatic carbocycles. The number of nitrogens with one attached hydrogen (secondary N) is 1. The number of thiazole rings is 1. The van der Waals surface area contributed by atoms with Crippen molar-refractivity contribution in [3.8, 4) is 5.75 Å². The van der Waals surface area contributed by atoms with Gasteiger partial charge in [-0.15, -0.1) is 11.3 Å². The monoisotopic (exact) mass is 458 g/mol. The van der Waals surface area contributed by atoms with E-state index in [4.69, 9.17) is 16.3 Å². The van der Waals surface area contributed by atoms with Gasteiger partial charge in [0.15, 0.2) is 5.78 Å². The van der Waals surface area contributed by atoms with Crippen LogP contribution >= 0.6 is 22.9 Å². The maximum atomic E-state index is 13.5. The molecular formula is C23H20ClFN2O3S. The minimum atomic E-state index is -0.576. The van der Waals surface area contributed by atoms with E-state index in [1.54, 1.807) is 17.4 Å². The number of carbonyl (C=O) groups excluding carboxylic acids is 2. The third kappa shape index (κ3) is 3.81. The van der Waals surface area contributed by atoms with Gasteiger partial charge in [0, 0.05) is 23.6 Å². The first-order chi connectivity index (χ1) is 14.7. The number of benzene rings is 2. The van der Waals surface area contributed by atoms with E-state index in [0.717, 1.165) is 34.5 Å². The van der Waals surface area contributed by atoms with Gasteiger partial charge >= 0.3 is 0 Å². The topological polar surface area (TPSA) is 68.3 Å². The number of carbonyl (C=O) groups is 2. The normalized spacial score (nSPS) is 23.7. The van der Waals surface area contributed by atoms with Crippen LogP contribution in [0.15, 0.2) is 36.4 Å². The predicted octanol–water partition coefficient (Wildman–Crippen LogP) is 5.09. The fourth-order valence-electron chi connectivity index (χ4n) is 5.01. The summed E-state index contributed by atoms with van der Waals surface area (Å²) in [5.41, 5.74) is 1.30. The third-order valence-corrected chi connectivity index (χ3v) is 7.38. The number of ketones is 1. The molecule has 1 aromatic heterocycles. The number of aryl methyl sites for hydroxylation is 1. The molecule has 0 atom stereocenters. The highest BCUT2D eigenvalue weighted by Gasteiger charge is 2.68. The van der Waals surface area contributed by atoms with Crippen molar-refractivity contribution in [3.63, 3.8) is 0 Å². The number of ether oxygens (including phenoxy) is 1. The lowest BCUT2D eigenvalue weighted by molar-refractivity contribution is -0.162. The Morgan fingerprint density at radius 3 is 2.74 bits per heavy atom. The maximum absolute atomic E-state index is 13.5. The van der Waals surface area contributed by atoms with Crippen LogP contribution in [0.4, 0.5) is 4.39 Å². The molecule has 2 aromatic carbocycles. The summed E-state index contributed by atoms with van der Waals surface area (Å²) in [6.07, 6.45) is 2.81. The number of amides is 1. The number of hydrogen-bond donors (Lipinski definition) is 1. The minimum absolute atomic E-state index is 0.0157. The van der Waals surface area contributed by atoms with Crippen LogP contribution in [0.5, 0.6) is 5.75 Å². The first-order valence-corrected chi connectivity index (χ1v) is 11.2. The van der Waals surface area contributed by atoms with E-state index in [0.29, 0.717) is 12.0 Å².